The van der Waals surface area contributed by atoms with E-state index in [0.29, 0.717) is 25.1 Å². The summed E-state index contributed by atoms with van der Waals surface area (Å²) in [4.78, 5) is 34.6. The van der Waals surface area contributed by atoms with E-state index in [2.05, 4.69) is 0 Å². The molecule has 1 atom stereocenters. The topological polar surface area (TPSA) is 54.5 Å². The van der Waals surface area contributed by atoms with Crippen LogP contribution >= 0.6 is 11.8 Å². The van der Waals surface area contributed by atoms with E-state index >= 15 is 0 Å². The zero-order chi connectivity index (χ0) is 11.3. The van der Waals surface area contributed by atoms with Crippen molar-refractivity contribution in [2.45, 2.75) is 31.4 Å². The molecule has 84 valence electrons. The second-order valence-electron chi connectivity index (χ2n) is 3.40. The van der Waals surface area contributed by atoms with Gasteiger partial charge in [0.1, 0.15) is 6.29 Å². The van der Waals surface area contributed by atoms with E-state index in [1.807, 2.05) is 6.92 Å². The summed E-state index contributed by atoms with van der Waals surface area (Å²) in [5, 5.41) is -0.260. The van der Waals surface area contributed by atoms with E-state index in [9.17, 15) is 14.4 Å². The van der Waals surface area contributed by atoms with Crippen molar-refractivity contribution in [1.82, 2.24) is 4.90 Å². The Bertz CT molecular complexity index is 267. The van der Waals surface area contributed by atoms with E-state index in [1.165, 1.54) is 16.7 Å². The number of imide groups is 1. The maximum absolute atomic E-state index is 11.7. The number of likely N-dealkylation sites (tertiary alicyclic amines) is 1. The number of aldehydes is 1. The number of nitrogens with zero attached hydrogens (tertiary/aromatic N) is 1. The highest BCUT2D eigenvalue weighted by molar-refractivity contribution is 8.00. The molecule has 5 heteroatoms. The summed E-state index contributed by atoms with van der Waals surface area (Å²) in [6.45, 7) is 2.45. The van der Waals surface area contributed by atoms with Crippen LogP contribution in [0.15, 0.2) is 0 Å². The average molecular weight is 229 g/mol. The maximum Gasteiger partial charge on any atom is 0.242 e. The molecule has 0 radical (unpaired) electrons. The minimum Gasteiger partial charge on any atom is -0.303 e. The fourth-order valence-electron chi connectivity index (χ4n) is 1.50. The second kappa shape index (κ2) is 5.90. The minimum absolute atomic E-state index is 0.0783. The SMILES string of the molecule is CCCN1C(=O)CC(SCCC=O)C1=O. The Morgan fingerprint density at radius 2 is 2.27 bits per heavy atom. The second-order valence-corrected chi connectivity index (χ2v) is 4.71. The van der Waals surface area contributed by atoms with Crippen molar-refractivity contribution in [2.75, 3.05) is 12.3 Å². The van der Waals surface area contributed by atoms with E-state index in [-0.39, 0.29) is 17.1 Å². The van der Waals surface area contributed by atoms with Crippen LogP contribution in [0.5, 0.6) is 0 Å². The summed E-state index contributed by atoms with van der Waals surface area (Å²) < 4.78 is 0. The van der Waals surface area contributed by atoms with Gasteiger partial charge in [-0.15, -0.1) is 11.8 Å². The lowest BCUT2D eigenvalue weighted by Crippen LogP contribution is -2.31. The van der Waals surface area contributed by atoms with E-state index in [4.69, 9.17) is 0 Å². The molecular formula is C10H15NO3S. The number of carbonyl (C=O) groups is 3. The highest BCUT2D eigenvalue weighted by Crippen LogP contribution is 2.25. The molecule has 0 aromatic carbocycles. The van der Waals surface area contributed by atoms with Gasteiger partial charge >= 0.3 is 0 Å². The van der Waals surface area contributed by atoms with E-state index in [1.54, 1.807) is 0 Å². The van der Waals surface area contributed by atoms with Crippen molar-refractivity contribution < 1.29 is 14.4 Å². The number of hydrogen-bond acceptors (Lipinski definition) is 4. The lowest BCUT2D eigenvalue weighted by molar-refractivity contribution is -0.138. The van der Waals surface area contributed by atoms with Crippen LogP contribution in [0.2, 0.25) is 0 Å². The first-order valence-electron chi connectivity index (χ1n) is 5.10. The van der Waals surface area contributed by atoms with Crippen molar-refractivity contribution in [3.63, 3.8) is 0 Å². The van der Waals surface area contributed by atoms with Crippen LogP contribution in [0.25, 0.3) is 0 Å². The van der Waals surface area contributed by atoms with Crippen LogP contribution in [0, 0.1) is 0 Å². The van der Waals surface area contributed by atoms with Gasteiger partial charge in [-0.1, -0.05) is 6.92 Å². The predicted molar refractivity (Wildman–Crippen MR) is 58.6 cm³/mol. The number of hydrogen-bond donors (Lipinski definition) is 0. The molecule has 1 heterocycles. The fourth-order valence-corrected chi connectivity index (χ4v) is 2.55. The molecule has 1 saturated heterocycles. The van der Waals surface area contributed by atoms with Crippen LogP contribution in [0.3, 0.4) is 0 Å². The van der Waals surface area contributed by atoms with Crippen LogP contribution < -0.4 is 0 Å². The molecule has 1 fully saturated rings. The smallest absolute Gasteiger partial charge is 0.242 e. The zero-order valence-electron chi connectivity index (χ0n) is 8.77. The van der Waals surface area contributed by atoms with E-state index < -0.39 is 0 Å². The first kappa shape index (κ1) is 12.2. The molecular weight excluding hydrogens is 214 g/mol. The largest absolute Gasteiger partial charge is 0.303 e. The van der Waals surface area contributed by atoms with Crippen LogP contribution in [-0.2, 0) is 14.4 Å². The van der Waals surface area contributed by atoms with Gasteiger partial charge in [0.15, 0.2) is 0 Å². The lowest BCUT2D eigenvalue weighted by Gasteiger charge is -2.12. The van der Waals surface area contributed by atoms with Crippen LogP contribution in [-0.4, -0.2) is 40.5 Å². The third kappa shape index (κ3) is 3.06. The zero-order valence-corrected chi connectivity index (χ0v) is 9.59. The summed E-state index contributed by atoms with van der Waals surface area (Å²) in [6, 6.07) is 0. The number of rotatable bonds is 6. The molecule has 2 amide bonds. The number of amides is 2. The minimum atomic E-state index is -0.260. The Kier molecular flexibility index (Phi) is 4.81. The molecule has 4 nitrogen and oxygen atoms in total. The van der Waals surface area contributed by atoms with Gasteiger partial charge in [0.25, 0.3) is 0 Å². The van der Waals surface area contributed by atoms with Crippen molar-refractivity contribution in [2.24, 2.45) is 0 Å². The lowest BCUT2D eigenvalue weighted by atomic mass is 10.4. The molecule has 0 N–H and O–H groups in total. The van der Waals surface area contributed by atoms with Crippen molar-refractivity contribution in [3.8, 4) is 0 Å². The molecule has 1 aliphatic rings. The Balaban J connectivity index is 2.45. The normalized spacial score (nSPS) is 21.1. The Hall–Kier alpha value is -0.840. The monoisotopic (exact) mass is 229 g/mol. The van der Waals surface area contributed by atoms with Gasteiger partial charge in [0.2, 0.25) is 11.8 Å². The molecule has 0 saturated carbocycles. The van der Waals surface area contributed by atoms with Crippen LogP contribution in [0.1, 0.15) is 26.2 Å². The van der Waals surface area contributed by atoms with Gasteiger partial charge < -0.3 is 4.79 Å². The van der Waals surface area contributed by atoms with E-state index in [0.717, 1.165) is 12.7 Å². The van der Waals surface area contributed by atoms with Gasteiger partial charge in [0.05, 0.1) is 5.25 Å². The summed E-state index contributed by atoms with van der Waals surface area (Å²) in [5.41, 5.74) is 0. The van der Waals surface area contributed by atoms with Gasteiger partial charge in [-0.2, -0.15) is 0 Å². The summed E-state index contributed by atoms with van der Waals surface area (Å²) >= 11 is 1.41. The fraction of sp³-hybridized carbons (Fsp3) is 0.700. The first-order chi connectivity index (χ1) is 7.20. The number of thioether (sulfide) groups is 1. The molecule has 1 unspecified atom stereocenters. The van der Waals surface area contributed by atoms with Crippen molar-refractivity contribution in [1.29, 1.82) is 0 Å². The molecule has 1 aliphatic heterocycles. The molecule has 0 spiro atoms. The Morgan fingerprint density at radius 1 is 1.53 bits per heavy atom. The van der Waals surface area contributed by atoms with Crippen molar-refractivity contribution >= 4 is 29.9 Å². The molecule has 0 aromatic rings. The Labute approximate surface area is 93.4 Å². The van der Waals surface area contributed by atoms with Gasteiger partial charge in [-0.3, -0.25) is 14.5 Å². The van der Waals surface area contributed by atoms with Crippen LogP contribution in [0.4, 0.5) is 0 Å². The molecule has 0 aromatic heterocycles. The third-order valence-corrected chi connectivity index (χ3v) is 3.45. The van der Waals surface area contributed by atoms with Crippen molar-refractivity contribution in [3.05, 3.63) is 0 Å². The number of carbonyl (C=O) groups excluding carboxylic acids is 3. The first-order valence-corrected chi connectivity index (χ1v) is 6.15. The highest BCUT2D eigenvalue weighted by Gasteiger charge is 2.37. The maximum atomic E-state index is 11.7. The molecule has 1 rings (SSSR count). The predicted octanol–water partition coefficient (Wildman–Crippen LogP) is 0.846. The molecule has 15 heavy (non-hydrogen) atoms. The quantitative estimate of drug-likeness (QED) is 0.385. The van der Waals surface area contributed by atoms with Gasteiger partial charge in [-0.05, 0) is 6.42 Å². The van der Waals surface area contributed by atoms with Gasteiger partial charge in [-0.25, -0.2) is 0 Å². The highest BCUT2D eigenvalue weighted by atomic mass is 32.2. The average Bonchev–Trinajstić information content (AvgIpc) is 2.47. The summed E-state index contributed by atoms with van der Waals surface area (Å²) in [5.74, 6) is 0.455. The summed E-state index contributed by atoms with van der Waals surface area (Å²) in [6.07, 6.45) is 2.36. The Morgan fingerprint density at radius 3 is 2.87 bits per heavy atom. The van der Waals surface area contributed by atoms with Gasteiger partial charge in [0, 0.05) is 25.1 Å². The third-order valence-electron chi connectivity index (χ3n) is 2.20. The summed E-state index contributed by atoms with van der Waals surface area (Å²) in [7, 11) is 0. The standard InChI is InChI=1S/C10H15NO3S/c1-2-4-11-9(13)7-8(10(11)14)15-6-3-5-12/h5,8H,2-4,6-7H2,1H3. The molecule has 0 aliphatic carbocycles. The molecule has 0 bridgehead atoms.